The van der Waals surface area contributed by atoms with Crippen molar-refractivity contribution in [2.24, 2.45) is 10.2 Å². The molecule has 1 heterocycles. The molecular formula is C21H21ClN4O3S. The first-order valence-corrected chi connectivity index (χ1v) is 10.6. The molecule has 2 aromatic carbocycles. The van der Waals surface area contributed by atoms with Crippen LogP contribution >= 0.6 is 23.4 Å². The number of nitrogens with one attached hydrogen (secondary N) is 2. The van der Waals surface area contributed by atoms with E-state index in [4.69, 9.17) is 16.3 Å². The van der Waals surface area contributed by atoms with E-state index in [2.05, 4.69) is 20.8 Å². The lowest BCUT2D eigenvalue weighted by atomic mass is 10.1. The Labute approximate surface area is 183 Å². The van der Waals surface area contributed by atoms with Crippen LogP contribution in [0.2, 0.25) is 5.02 Å². The molecular weight excluding hydrogens is 424 g/mol. The van der Waals surface area contributed by atoms with Gasteiger partial charge in [-0.25, -0.2) is 0 Å². The Morgan fingerprint density at radius 1 is 1.30 bits per heavy atom. The normalized spacial score (nSPS) is 18.1. The Hall–Kier alpha value is -2.84. The first kappa shape index (κ1) is 21.9. The first-order valence-electron chi connectivity index (χ1n) is 9.33. The minimum atomic E-state index is -0.612. The molecule has 3 rings (SSSR count). The van der Waals surface area contributed by atoms with Gasteiger partial charge in [-0.05, 0) is 43.7 Å². The fourth-order valence-corrected chi connectivity index (χ4v) is 3.72. The number of amides is 2. The van der Waals surface area contributed by atoms with E-state index in [0.29, 0.717) is 28.8 Å². The summed E-state index contributed by atoms with van der Waals surface area (Å²) in [6, 6.07) is 14.3. The van der Waals surface area contributed by atoms with Gasteiger partial charge in [-0.2, -0.15) is 5.10 Å². The summed E-state index contributed by atoms with van der Waals surface area (Å²) in [7, 11) is 0. The van der Waals surface area contributed by atoms with Gasteiger partial charge < -0.3 is 15.4 Å². The summed E-state index contributed by atoms with van der Waals surface area (Å²) in [4.78, 5) is 24.7. The van der Waals surface area contributed by atoms with Crippen LogP contribution in [0.3, 0.4) is 0 Å². The van der Waals surface area contributed by atoms with Gasteiger partial charge in [0.05, 0.1) is 12.3 Å². The molecule has 1 atom stereocenters. The van der Waals surface area contributed by atoms with Crippen molar-refractivity contribution in [3.8, 4) is 5.75 Å². The van der Waals surface area contributed by atoms with Gasteiger partial charge in [-0.3, -0.25) is 9.59 Å². The van der Waals surface area contributed by atoms with Gasteiger partial charge in [-0.15, -0.1) is 5.10 Å². The number of ether oxygens (including phenoxy) is 1. The van der Waals surface area contributed by atoms with Crippen LogP contribution in [0, 0.1) is 0 Å². The Morgan fingerprint density at radius 3 is 2.80 bits per heavy atom. The molecule has 9 heteroatoms. The number of rotatable bonds is 6. The summed E-state index contributed by atoms with van der Waals surface area (Å²) in [5, 5.41) is 14.1. The summed E-state index contributed by atoms with van der Waals surface area (Å²) in [5.41, 5.74) is 2.13. The molecule has 0 saturated carbocycles. The largest absolute Gasteiger partial charge is 0.494 e. The second kappa shape index (κ2) is 10.3. The molecule has 0 aliphatic carbocycles. The van der Waals surface area contributed by atoms with E-state index in [1.807, 2.05) is 25.1 Å². The van der Waals surface area contributed by atoms with Crippen LogP contribution in [-0.2, 0) is 9.59 Å². The first-order chi connectivity index (χ1) is 14.4. The maximum atomic E-state index is 12.7. The lowest BCUT2D eigenvalue weighted by Gasteiger charge is -2.21. The molecule has 7 nitrogen and oxygen atoms in total. The highest BCUT2D eigenvalue weighted by Crippen LogP contribution is 2.24. The van der Waals surface area contributed by atoms with Crippen molar-refractivity contribution < 1.29 is 14.3 Å². The SMILES string of the molecule is CCOc1cccc(NC(=O)C2CC(=O)N/C(=N\N=C(C)c3ccc(Cl)cc3)S2)c1. The van der Waals surface area contributed by atoms with Crippen molar-refractivity contribution in [2.45, 2.75) is 25.5 Å². The fraction of sp³-hybridized carbons (Fsp3) is 0.238. The van der Waals surface area contributed by atoms with Crippen molar-refractivity contribution in [1.29, 1.82) is 0 Å². The lowest BCUT2D eigenvalue weighted by molar-refractivity contribution is -0.123. The Kier molecular flexibility index (Phi) is 7.48. The minimum Gasteiger partial charge on any atom is -0.494 e. The van der Waals surface area contributed by atoms with E-state index in [-0.39, 0.29) is 23.4 Å². The molecule has 156 valence electrons. The summed E-state index contributed by atoms with van der Waals surface area (Å²) in [6.07, 6.45) is 0.0561. The lowest BCUT2D eigenvalue weighted by Crippen LogP contribution is -2.41. The third-order valence-electron chi connectivity index (χ3n) is 4.13. The van der Waals surface area contributed by atoms with Gasteiger partial charge in [0.2, 0.25) is 11.8 Å². The molecule has 1 saturated heterocycles. The number of thioether (sulfide) groups is 1. The van der Waals surface area contributed by atoms with Crippen molar-refractivity contribution in [3.63, 3.8) is 0 Å². The number of hydrogen-bond donors (Lipinski definition) is 2. The van der Waals surface area contributed by atoms with Crippen LogP contribution in [0.5, 0.6) is 5.75 Å². The Bertz CT molecular complexity index is 992. The predicted octanol–water partition coefficient (Wildman–Crippen LogP) is 4.08. The number of anilines is 1. The van der Waals surface area contributed by atoms with Crippen LogP contribution in [0.15, 0.2) is 58.7 Å². The van der Waals surface area contributed by atoms with E-state index < -0.39 is 5.25 Å². The molecule has 0 aromatic heterocycles. The van der Waals surface area contributed by atoms with Gasteiger partial charge >= 0.3 is 0 Å². The van der Waals surface area contributed by atoms with E-state index in [9.17, 15) is 9.59 Å². The highest BCUT2D eigenvalue weighted by molar-refractivity contribution is 8.15. The van der Waals surface area contributed by atoms with E-state index >= 15 is 0 Å². The van der Waals surface area contributed by atoms with Gasteiger partial charge in [-0.1, -0.05) is 41.6 Å². The van der Waals surface area contributed by atoms with Crippen LogP contribution in [0.1, 0.15) is 25.8 Å². The van der Waals surface area contributed by atoms with Crippen LogP contribution < -0.4 is 15.4 Å². The summed E-state index contributed by atoms with van der Waals surface area (Å²) in [6.45, 7) is 4.23. The van der Waals surface area contributed by atoms with Gasteiger partial charge in [0.15, 0.2) is 5.17 Å². The zero-order valence-electron chi connectivity index (χ0n) is 16.5. The average molecular weight is 445 g/mol. The number of carbonyl (C=O) groups is 2. The molecule has 0 radical (unpaired) electrons. The Morgan fingerprint density at radius 2 is 2.07 bits per heavy atom. The van der Waals surface area contributed by atoms with E-state index in [1.54, 1.807) is 37.3 Å². The quantitative estimate of drug-likeness (QED) is 0.518. The Balaban J connectivity index is 1.68. The fourth-order valence-electron chi connectivity index (χ4n) is 2.66. The summed E-state index contributed by atoms with van der Waals surface area (Å²) >= 11 is 7.06. The molecule has 1 aliphatic rings. The van der Waals surface area contributed by atoms with Crippen molar-refractivity contribution in [2.75, 3.05) is 11.9 Å². The van der Waals surface area contributed by atoms with E-state index in [0.717, 1.165) is 17.3 Å². The zero-order valence-corrected chi connectivity index (χ0v) is 18.1. The molecule has 2 amide bonds. The van der Waals surface area contributed by atoms with Gasteiger partial charge in [0, 0.05) is 23.2 Å². The second-order valence-electron chi connectivity index (χ2n) is 6.41. The summed E-state index contributed by atoms with van der Waals surface area (Å²) < 4.78 is 5.44. The number of amidine groups is 1. The van der Waals surface area contributed by atoms with Crippen LogP contribution in [0.25, 0.3) is 0 Å². The smallest absolute Gasteiger partial charge is 0.238 e. The van der Waals surface area contributed by atoms with Gasteiger partial charge in [0.25, 0.3) is 0 Å². The molecule has 2 N–H and O–H groups in total. The maximum absolute atomic E-state index is 12.7. The number of nitrogens with zero attached hydrogens (tertiary/aromatic N) is 2. The molecule has 30 heavy (non-hydrogen) atoms. The number of benzene rings is 2. The molecule has 0 spiro atoms. The van der Waals surface area contributed by atoms with Crippen molar-refractivity contribution in [1.82, 2.24) is 5.32 Å². The molecule has 1 aliphatic heterocycles. The third-order valence-corrected chi connectivity index (χ3v) is 5.45. The van der Waals surface area contributed by atoms with Gasteiger partial charge in [0.1, 0.15) is 11.0 Å². The highest BCUT2D eigenvalue weighted by atomic mass is 35.5. The molecule has 1 unspecified atom stereocenters. The number of carbonyl (C=O) groups excluding carboxylic acids is 2. The highest BCUT2D eigenvalue weighted by Gasteiger charge is 2.30. The number of halogens is 1. The summed E-state index contributed by atoms with van der Waals surface area (Å²) in [5.74, 6) is 0.100. The topological polar surface area (TPSA) is 92.1 Å². The second-order valence-corrected chi connectivity index (χ2v) is 8.03. The van der Waals surface area contributed by atoms with Crippen molar-refractivity contribution in [3.05, 3.63) is 59.1 Å². The number of hydrogen-bond acceptors (Lipinski definition) is 6. The molecule has 1 fully saturated rings. The average Bonchev–Trinajstić information content (AvgIpc) is 2.72. The van der Waals surface area contributed by atoms with Crippen molar-refractivity contribution >= 4 is 51.7 Å². The van der Waals surface area contributed by atoms with E-state index in [1.165, 1.54) is 0 Å². The van der Waals surface area contributed by atoms with Crippen LogP contribution in [0.4, 0.5) is 5.69 Å². The van der Waals surface area contributed by atoms with Crippen LogP contribution in [-0.4, -0.2) is 34.6 Å². The minimum absolute atomic E-state index is 0.0561. The maximum Gasteiger partial charge on any atom is 0.238 e. The molecule has 2 aromatic rings. The third kappa shape index (κ3) is 6.08. The monoisotopic (exact) mass is 444 g/mol. The standard InChI is InChI=1S/C21H21ClN4O3S/c1-3-29-17-6-4-5-16(11-17)23-20(28)18-12-19(27)24-21(30-18)26-25-13(2)14-7-9-15(22)10-8-14/h4-11,18H,3,12H2,1-2H3,(H,23,28)(H,24,26,27). The predicted molar refractivity (Wildman–Crippen MR) is 121 cm³/mol. The zero-order chi connectivity index (χ0) is 21.5. The molecule has 0 bridgehead atoms.